The molecule has 8 heteroatoms. The Labute approximate surface area is 193 Å². The summed E-state index contributed by atoms with van der Waals surface area (Å²) >= 11 is 0. The summed E-state index contributed by atoms with van der Waals surface area (Å²) in [5.74, 6) is 0.517. The van der Waals surface area contributed by atoms with Gasteiger partial charge < -0.3 is 19.5 Å². The van der Waals surface area contributed by atoms with Gasteiger partial charge in [-0.2, -0.15) is 0 Å². The second kappa shape index (κ2) is 8.94. The number of ether oxygens (including phenoxy) is 1. The first-order valence-corrected chi connectivity index (χ1v) is 11.6. The van der Waals surface area contributed by atoms with E-state index in [1.54, 1.807) is 11.1 Å². The standard InChI is InChI=1S/C25H29N5O3/c1-16-18-7-3-4-8-20(18)28-22(16)25(32)30-10-6-5-9-21(30)23-26-15-19(17(2)27-23)24(31)29-11-13-33-14-12-29/h3-4,7-8,15,21,28H,5-6,9-14H2,1-2H3/t21-/m1/s1. The Morgan fingerprint density at radius 3 is 2.61 bits per heavy atom. The van der Waals surface area contributed by atoms with Gasteiger partial charge in [0.1, 0.15) is 5.69 Å². The molecule has 0 spiro atoms. The summed E-state index contributed by atoms with van der Waals surface area (Å²) in [4.78, 5) is 42.8. The largest absolute Gasteiger partial charge is 0.378 e. The first kappa shape index (κ1) is 21.6. The number of aryl methyl sites for hydroxylation is 2. The molecule has 0 bridgehead atoms. The van der Waals surface area contributed by atoms with E-state index < -0.39 is 0 Å². The van der Waals surface area contributed by atoms with Crippen LogP contribution < -0.4 is 0 Å². The Balaban J connectivity index is 1.42. The summed E-state index contributed by atoms with van der Waals surface area (Å²) in [7, 11) is 0. The number of aromatic nitrogens is 3. The predicted molar refractivity (Wildman–Crippen MR) is 124 cm³/mol. The third kappa shape index (κ3) is 3.99. The Kier molecular flexibility index (Phi) is 5.85. The van der Waals surface area contributed by atoms with E-state index in [9.17, 15) is 9.59 Å². The van der Waals surface area contributed by atoms with Crippen LogP contribution in [0.2, 0.25) is 0 Å². The zero-order chi connectivity index (χ0) is 22.9. The number of nitrogens with one attached hydrogen (secondary N) is 1. The molecule has 1 aromatic carbocycles. The molecule has 2 aliphatic rings. The van der Waals surface area contributed by atoms with Gasteiger partial charge in [0.25, 0.3) is 11.8 Å². The summed E-state index contributed by atoms with van der Waals surface area (Å²) < 4.78 is 5.35. The third-order valence-electron chi connectivity index (χ3n) is 6.77. The SMILES string of the molecule is Cc1nc([C@H]2CCCCN2C(=O)c2[nH]c3ccccc3c2C)ncc1C(=O)N1CCOCC1. The predicted octanol–water partition coefficient (Wildman–Crippen LogP) is 3.41. The average Bonchev–Trinajstić information content (AvgIpc) is 3.20. The van der Waals surface area contributed by atoms with Gasteiger partial charge in [0, 0.05) is 36.7 Å². The van der Waals surface area contributed by atoms with Crippen molar-refractivity contribution in [2.75, 3.05) is 32.8 Å². The number of likely N-dealkylation sites (tertiary alicyclic amines) is 1. The maximum atomic E-state index is 13.6. The van der Waals surface area contributed by atoms with E-state index in [0.29, 0.717) is 55.6 Å². The van der Waals surface area contributed by atoms with E-state index in [-0.39, 0.29) is 17.9 Å². The van der Waals surface area contributed by atoms with Crippen molar-refractivity contribution in [2.45, 2.75) is 39.2 Å². The number of amides is 2. The number of benzene rings is 1. The molecule has 5 rings (SSSR count). The molecule has 4 heterocycles. The van der Waals surface area contributed by atoms with Gasteiger partial charge in [0.05, 0.1) is 30.5 Å². The lowest BCUT2D eigenvalue weighted by atomic mass is 10.00. The number of morpholine rings is 1. The Bertz CT molecular complexity index is 1200. The normalized spacial score (nSPS) is 19.2. The van der Waals surface area contributed by atoms with Crippen LogP contribution in [0.5, 0.6) is 0 Å². The number of para-hydroxylation sites is 1. The fourth-order valence-corrected chi connectivity index (χ4v) is 4.88. The quantitative estimate of drug-likeness (QED) is 0.664. The zero-order valence-electron chi connectivity index (χ0n) is 19.1. The molecule has 1 atom stereocenters. The smallest absolute Gasteiger partial charge is 0.271 e. The molecule has 1 N–H and O–H groups in total. The number of piperidine rings is 1. The van der Waals surface area contributed by atoms with E-state index in [1.165, 1.54) is 0 Å². The monoisotopic (exact) mass is 447 g/mol. The Hall–Kier alpha value is -3.26. The van der Waals surface area contributed by atoms with Crippen molar-refractivity contribution < 1.29 is 14.3 Å². The van der Waals surface area contributed by atoms with E-state index in [0.717, 1.165) is 35.7 Å². The minimum Gasteiger partial charge on any atom is -0.378 e. The molecule has 2 fully saturated rings. The van der Waals surface area contributed by atoms with Gasteiger partial charge >= 0.3 is 0 Å². The van der Waals surface area contributed by atoms with Crippen LogP contribution in [-0.4, -0.2) is 69.4 Å². The first-order valence-electron chi connectivity index (χ1n) is 11.6. The highest BCUT2D eigenvalue weighted by atomic mass is 16.5. The summed E-state index contributed by atoms with van der Waals surface area (Å²) in [6, 6.07) is 7.76. The highest BCUT2D eigenvalue weighted by Crippen LogP contribution is 2.32. The van der Waals surface area contributed by atoms with Gasteiger partial charge in [0.15, 0.2) is 5.82 Å². The molecule has 2 aliphatic heterocycles. The van der Waals surface area contributed by atoms with Crippen molar-refractivity contribution in [3.8, 4) is 0 Å². The minimum absolute atomic E-state index is 0.0249. The summed E-state index contributed by atoms with van der Waals surface area (Å²) in [6.07, 6.45) is 4.40. The maximum absolute atomic E-state index is 13.6. The van der Waals surface area contributed by atoms with Crippen LogP contribution >= 0.6 is 0 Å². The second-order valence-corrected chi connectivity index (χ2v) is 8.81. The van der Waals surface area contributed by atoms with Crippen LogP contribution in [0.4, 0.5) is 0 Å². The molecule has 3 aromatic rings. The topological polar surface area (TPSA) is 91.4 Å². The van der Waals surface area contributed by atoms with Crippen LogP contribution in [0.15, 0.2) is 30.5 Å². The van der Waals surface area contributed by atoms with Gasteiger partial charge in [-0.25, -0.2) is 9.97 Å². The number of hydrogen-bond donors (Lipinski definition) is 1. The van der Waals surface area contributed by atoms with Crippen molar-refractivity contribution in [1.29, 1.82) is 0 Å². The molecule has 2 aromatic heterocycles. The van der Waals surface area contributed by atoms with Crippen LogP contribution in [0, 0.1) is 13.8 Å². The van der Waals surface area contributed by atoms with E-state index in [4.69, 9.17) is 9.72 Å². The van der Waals surface area contributed by atoms with Gasteiger partial charge in [-0.05, 0) is 44.7 Å². The number of carbonyl (C=O) groups is 2. The van der Waals surface area contributed by atoms with Crippen LogP contribution in [0.25, 0.3) is 10.9 Å². The summed E-state index contributed by atoms with van der Waals surface area (Å²) in [5, 5.41) is 1.06. The van der Waals surface area contributed by atoms with Crippen molar-refractivity contribution in [2.24, 2.45) is 0 Å². The van der Waals surface area contributed by atoms with Crippen molar-refractivity contribution in [3.63, 3.8) is 0 Å². The molecular formula is C25H29N5O3. The third-order valence-corrected chi connectivity index (χ3v) is 6.77. The Morgan fingerprint density at radius 1 is 1.06 bits per heavy atom. The van der Waals surface area contributed by atoms with Crippen molar-refractivity contribution in [1.82, 2.24) is 24.8 Å². The Morgan fingerprint density at radius 2 is 1.85 bits per heavy atom. The van der Waals surface area contributed by atoms with Crippen LogP contribution in [-0.2, 0) is 4.74 Å². The molecule has 0 radical (unpaired) electrons. The number of rotatable bonds is 3. The number of H-pyrrole nitrogens is 1. The molecular weight excluding hydrogens is 418 g/mol. The molecule has 2 saturated heterocycles. The van der Waals surface area contributed by atoms with Crippen LogP contribution in [0.3, 0.4) is 0 Å². The lowest BCUT2D eigenvalue weighted by Crippen LogP contribution is -2.41. The fourth-order valence-electron chi connectivity index (χ4n) is 4.88. The molecule has 0 saturated carbocycles. The molecule has 0 aliphatic carbocycles. The first-order chi connectivity index (χ1) is 16.0. The van der Waals surface area contributed by atoms with Crippen LogP contribution in [0.1, 0.15) is 63.2 Å². The summed E-state index contributed by atoms with van der Waals surface area (Å²) in [6.45, 7) is 6.75. The lowest BCUT2D eigenvalue weighted by Gasteiger charge is -2.35. The number of fused-ring (bicyclic) bond motifs is 1. The van der Waals surface area contributed by atoms with Crippen molar-refractivity contribution >= 4 is 22.7 Å². The van der Waals surface area contributed by atoms with Gasteiger partial charge in [-0.1, -0.05) is 18.2 Å². The molecule has 2 amide bonds. The highest BCUT2D eigenvalue weighted by Gasteiger charge is 2.33. The van der Waals surface area contributed by atoms with Gasteiger partial charge in [-0.3, -0.25) is 9.59 Å². The van der Waals surface area contributed by atoms with Crippen molar-refractivity contribution in [3.05, 3.63) is 58.8 Å². The van der Waals surface area contributed by atoms with Gasteiger partial charge in [0.2, 0.25) is 0 Å². The van der Waals surface area contributed by atoms with E-state index in [1.807, 2.05) is 43.0 Å². The number of carbonyl (C=O) groups excluding carboxylic acids is 2. The fraction of sp³-hybridized carbons (Fsp3) is 0.440. The second-order valence-electron chi connectivity index (χ2n) is 8.81. The average molecular weight is 448 g/mol. The van der Waals surface area contributed by atoms with Gasteiger partial charge in [-0.15, -0.1) is 0 Å². The number of aromatic amines is 1. The number of nitrogens with zero attached hydrogens (tertiary/aromatic N) is 4. The summed E-state index contributed by atoms with van der Waals surface area (Å²) in [5.41, 5.74) is 3.71. The van der Waals surface area contributed by atoms with E-state index >= 15 is 0 Å². The highest BCUT2D eigenvalue weighted by molar-refractivity contribution is 6.01. The molecule has 172 valence electrons. The lowest BCUT2D eigenvalue weighted by molar-refractivity contribution is 0.0301. The zero-order valence-corrected chi connectivity index (χ0v) is 19.1. The maximum Gasteiger partial charge on any atom is 0.271 e. The molecule has 33 heavy (non-hydrogen) atoms. The minimum atomic E-state index is -0.205. The molecule has 8 nitrogen and oxygen atoms in total. The van der Waals surface area contributed by atoms with E-state index in [2.05, 4.69) is 9.97 Å². The molecule has 0 unspecified atom stereocenters. The number of hydrogen-bond acceptors (Lipinski definition) is 5.